The van der Waals surface area contributed by atoms with E-state index in [4.69, 9.17) is 14.6 Å². The first-order valence-corrected chi connectivity index (χ1v) is 5.66. The molecule has 0 fully saturated rings. The molecule has 0 aromatic heterocycles. The van der Waals surface area contributed by atoms with E-state index in [2.05, 4.69) is 0 Å². The second-order valence-electron chi connectivity index (χ2n) is 3.93. The molecule has 1 aromatic carbocycles. The highest BCUT2D eigenvalue weighted by Crippen LogP contribution is 2.35. The third-order valence-corrected chi connectivity index (χ3v) is 2.86. The highest BCUT2D eigenvalue weighted by atomic mass is 19.1. The SMILES string of the molecule is CCC(CC(=O)O)c1cc(OC)c(OC)cc1F. The van der Waals surface area contributed by atoms with Gasteiger partial charge in [-0.3, -0.25) is 4.79 Å². The van der Waals surface area contributed by atoms with Gasteiger partial charge in [0.1, 0.15) is 5.82 Å². The van der Waals surface area contributed by atoms with Gasteiger partial charge in [0, 0.05) is 6.07 Å². The summed E-state index contributed by atoms with van der Waals surface area (Å²) in [5, 5.41) is 8.82. The third-order valence-electron chi connectivity index (χ3n) is 2.86. The van der Waals surface area contributed by atoms with Crippen LogP contribution in [-0.2, 0) is 4.79 Å². The van der Waals surface area contributed by atoms with Crippen molar-refractivity contribution in [1.29, 1.82) is 0 Å². The summed E-state index contributed by atoms with van der Waals surface area (Å²) in [5.41, 5.74) is 0.345. The predicted octanol–water partition coefficient (Wildman–Crippen LogP) is 2.81. The quantitative estimate of drug-likeness (QED) is 0.850. The first-order valence-electron chi connectivity index (χ1n) is 5.66. The number of hydrogen-bond donors (Lipinski definition) is 1. The van der Waals surface area contributed by atoms with Crippen molar-refractivity contribution in [2.45, 2.75) is 25.7 Å². The second kappa shape index (κ2) is 6.23. The molecule has 1 unspecified atom stereocenters. The fourth-order valence-electron chi connectivity index (χ4n) is 1.87. The first kappa shape index (κ1) is 14.3. The highest BCUT2D eigenvalue weighted by Gasteiger charge is 2.20. The van der Waals surface area contributed by atoms with Crippen LogP contribution in [0.1, 0.15) is 31.2 Å². The Labute approximate surface area is 105 Å². The number of rotatable bonds is 6. The average Bonchev–Trinajstić information content (AvgIpc) is 2.35. The fraction of sp³-hybridized carbons (Fsp3) is 0.462. The molecule has 1 N–H and O–H groups in total. The molecule has 0 aliphatic carbocycles. The number of ether oxygens (including phenoxy) is 2. The zero-order valence-corrected chi connectivity index (χ0v) is 10.7. The van der Waals surface area contributed by atoms with E-state index in [1.165, 1.54) is 26.4 Å². The molecule has 0 aliphatic rings. The van der Waals surface area contributed by atoms with Crippen molar-refractivity contribution in [2.24, 2.45) is 0 Å². The number of carbonyl (C=O) groups is 1. The third kappa shape index (κ3) is 3.12. The molecular weight excluding hydrogens is 239 g/mol. The molecule has 18 heavy (non-hydrogen) atoms. The van der Waals surface area contributed by atoms with Crippen LogP contribution in [-0.4, -0.2) is 25.3 Å². The van der Waals surface area contributed by atoms with E-state index in [1.54, 1.807) is 0 Å². The Morgan fingerprint density at radius 3 is 2.33 bits per heavy atom. The summed E-state index contributed by atoms with van der Waals surface area (Å²) in [7, 11) is 2.88. The van der Waals surface area contributed by atoms with Crippen LogP contribution in [0.3, 0.4) is 0 Å². The van der Waals surface area contributed by atoms with Crippen molar-refractivity contribution < 1.29 is 23.8 Å². The molecule has 0 heterocycles. The summed E-state index contributed by atoms with van der Waals surface area (Å²) >= 11 is 0. The van der Waals surface area contributed by atoms with Crippen LogP contribution in [0.2, 0.25) is 0 Å². The van der Waals surface area contributed by atoms with Gasteiger partial charge in [0.15, 0.2) is 11.5 Å². The number of carboxylic acids is 1. The van der Waals surface area contributed by atoms with Crippen molar-refractivity contribution in [3.63, 3.8) is 0 Å². The number of aliphatic carboxylic acids is 1. The van der Waals surface area contributed by atoms with E-state index in [0.717, 1.165) is 0 Å². The lowest BCUT2D eigenvalue weighted by Crippen LogP contribution is -2.08. The topological polar surface area (TPSA) is 55.8 Å². The lowest BCUT2D eigenvalue weighted by Gasteiger charge is -2.16. The van der Waals surface area contributed by atoms with Gasteiger partial charge in [-0.05, 0) is 24.0 Å². The molecule has 1 rings (SSSR count). The fourth-order valence-corrected chi connectivity index (χ4v) is 1.87. The molecule has 1 aromatic rings. The summed E-state index contributed by atoms with van der Waals surface area (Å²) in [6, 6.07) is 2.73. The maximum Gasteiger partial charge on any atom is 0.303 e. The smallest absolute Gasteiger partial charge is 0.303 e. The Bertz CT molecular complexity index is 431. The van der Waals surface area contributed by atoms with Gasteiger partial charge in [-0.25, -0.2) is 4.39 Å². The molecule has 100 valence electrons. The summed E-state index contributed by atoms with van der Waals surface area (Å²) in [5.74, 6) is -1.10. The molecule has 0 radical (unpaired) electrons. The summed E-state index contributed by atoms with van der Waals surface area (Å²) in [6.07, 6.45) is 0.432. The first-order chi connectivity index (χ1) is 8.53. The van der Waals surface area contributed by atoms with Crippen molar-refractivity contribution in [3.8, 4) is 11.5 Å². The number of carboxylic acid groups (broad SMARTS) is 1. The van der Waals surface area contributed by atoms with Crippen LogP contribution in [0.4, 0.5) is 4.39 Å². The Morgan fingerprint density at radius 1 is 1.33 bits per heavy atom. The van der Waals surface area contributed by atoms with Crippen LogP contribution in [0.25, 0.3) is 0 Å². The van der Waals surface area contributed by atoms with Gasteiger partial charge < -0.3 is 14.6 Å². The monoisotopic (exact) mass is 256 g/mol. The van der Waals surface area contributed by atoms with Crippen LogP contribution in [0, 0.1) is 5.82 Å². The van der Waals surface area contributed by atoms with E-state index in [-0.39, 0.29) is 12.3 Å². The molecule has 0 spiro atoms. The molecule has 0 saturated carbocycles. The number of hydrogen-bond acceptors (Lipinski definition) is 3. The highest BCUT2D eigenvalue weighted by molar-refractivity contribution is 5.68. The molecule has 1 atom stereocenters. The molecule has 0 amide bonds. The predicted molar refractivity (Wildman–Crippen MR) is 64.8 cm³/mol. The van der Waals surface area contributed by atoms with E-state index >= 15 is 0 Å². The van der Waals surface area contributed by atoms with Crippen LogP contribution >= 0.6 is 0 Å². The van der Waals surface area contributed by atoms with Gasteiger partial charge in [-0.2, -0.15) is 0 Å². The Morgan fingerprint density at radius 2 is 1.89 bits per heavy atom. The van der Waals surface area contributed by atoms with Crippen molar-refractivity contribution in [2.75, 3.05) is 14.2 Å². The van der Waals surface area contributed by atoms with Gasteiger partial charge >= 0.3 is 5.97 Å². The lowest BCUT2D eigenvalue weighted by molar-refractivity contribution is -0.137. The molecular formula is C13H17FO4. The van der Waals surface area contributed by atoms with Crippen molar-refractivity contribution >= 4 is 5.97 Å². The van der Waals surface area contributed by atoms with Gasteiger partial charge in [-0.15, -0.1) is 0 Å². The number of benzene rings is 1. The zero-order valence-electron chi connectivity index (χ0n) is 10.7. The Balaban J connectivity index is 3.18. The van der Waals surface area contributed by atoms with Gasteiger partial charge in [0.05, 0.1) is 20.6 Å². The standard InChI is InChI=1S/C13H17FO4/c1-4-8(5-13(15)16)9-6-11(17-2)12(18-3)7-10(9)14/h6-8H,4-5H2,1-3H3,(H,15,16). The maximum absolute atomic E-state index is 13.9. The molecule has 0 aliphatic heterocycles. The van der Waals surface area contributed by atoms with Gasteiger partial charge in [0.2, 0.25) is 0 Å². The summed E-state index contributed by atoms with van der Waals surface area (Å²) < 4.78 is 24.0. The normalized spacial score (nSPS) is 12.0. The van der Waals surface area contributed by atoms with Crippen LogP contribution in [0.5, 0.6) is 11.5 Å². The zero-order chi connectivity index (χ0) is 13.7. The van der Waals surface area contributed by atoms with Crippen LogP contribution < -0.4 is 9.47 Å². The molecule has 5 heteroatoms. The average molecular weight is 256 g/mol. The minimum Gasteiger partial charge on any atom is -0.493 e. The van der Waals surface area contributed by atoms with E-state index < -0.39 is 11.8 Å². The minimum absolute atomic E-state index is 0.108. The molecule has 4 nitrogen and oxygen atoms in total. The van der Waals surface area contributed by atoms with Crippen molar-refractivity contribution in [1.82, 2.24) is 0 Å². The van der Waals surface area contributed by atoms with Gasteiger partial charge in [-0.1, -0.05) is 6.92 Å². The molecule has 0 saturated heterocycles. The second-order valence-corrected chi connectivity index (χ2v) is 3.93. The maximum atomic E-state index is 13.9. The van der Waals surface area contributed by atoms with Crippen LogP contribution in [0.15, 0.2) is 12.1 Å². The summed E-state index contributed by atoms with van der Waals surface area (Å²) in [6.45, 7) is 1.82. The minimum atomic E-state index is -0.948. The Hall–Kier alpha value is -1.78. The lowest BCUT2D eigenvalue weighted by atomic mass is 9.92. The largest absolute Gasteiger partial charge is 0.493 e. The Kier molecular flexibility index (Phi) is 4.95. The van der Waals surface area contributed by atoms with E-state index in [9.17, 15) is 9.18 Å². The van der Waals surface area contributed by atoms with E-state index in [1.807, 2.05) is 6.92 Å². The summed E-state index contributed by atoms with van der Waals surface area (Å²) in [4.78, 5) is 10.8. The molecule has 0 bridgehead atoms. The van der Waals surface area contributed by atoms with Crippen molar-refractivity contribution in [3.05, 3.63) is 23.5 Å². The number of halogens is 1. The van der Waals surface area contributed by atoms with Gasteiger partial charge in [0.25, 0.3) is 0 Å². The number of methoxy groups -OCH3 is 2. The van der Waals surface area contributed by atoms with E-state index in [0.29, 0.717) is 23.5 Å².